The van der Waals surface area contributed by atoms with Gasteiger partial charge in [-0.3, -0.25) is 0 Å². The number of benzene rings is 1. The van der Waals surface area contributed by atoms with E-state index in [4.69, 9.17) is 4.74 Å². The summed E-state index contributed by atoms with van der Waals surface area (Å²) in [6.07, 6.45) is 2.20. The van der Waals surface area contributed by atoms with Gasteiger partial charge in [0.1, 0.15) is 6.10 Å². The van der Waals surface area contributed by atoms with E-state index in [2.05, 4.69) is 5.32 Å². The van der Waals surface area contributed by atoms with Crippen molar-refractivity contribution in [1.29, 1.82) is 0 Å². The molecule has 3 heteroatoms. The minimum absolute atomic E-state index is 0.107. The summed E-state index contributed by atoms with van der Waals surface area (Å²) in [7, 11) is 0. The third kappa shape index (κ3) is 2.69. The van der Waals surface area contributed by atoms with Crippen molar-refractivity contribution in [3.63, 3.8) is 0 Å². The number of ether oxygens (including phenoxy) is 1. The van der Waals surface area contributed by atoms with Crippen LogP contribution >= 0.6 is 0 Å². The zero-order chi connectivity index (χ0) is 10.7. The molecule has 0 saturated carbocycles. The third-order valence-electron chi connectivity index (χ3n) is 2.63. The first-order chi connectivity index (χ1) is 7.25. The molecule has 1 aliphatic rings. The predicted molar refractivity (Wildman–Crippen MR) is 57.7 cm³/mol. The molecule has 1 aromatic rings. The van der Waals surface area contributed by atoms with Crippen molar-refractivity contribution < 1.29 is 9.13 Å². The van der Waals surface area contributed by atoms with Crippen molar-refractivity contribution in [3.05, 3.63) is 29.6 Å². The Bertz CT molecular complexity index is 334. The van der Waals surface area contributed by atoms with Gasteiger partial charge in [0.05, 0.1) is 0 Å². The first-order valence-electron chi connectivity index (χ1n) is 5.39. The normalized spacial score (nSPS) is 21.3. The molecule has 2 nitrogen and oxygen atoms in total. The van der Waals surface area contributed by atoms with E-state index in [0.717, 1.165) is 31.5 Å². The minimum atomic E-state index is -0.263. The van der Waals surface area contributed by atoms with E-state index >= 15 is 0 Å². The predicted octanol–water partition coefficient (Wildman–Crippen LogP) is 2.26. The lowest BCUT2D eigenvalue weighted by Gasteiger charge is -2.24. The fourth-order valence-electron chi connectivity index (χ4n) is 1.80. The van der Waals surface area contributed by atoms with Gasteiger partial charge < -0.3 is 10.1 Å². The molecular weight excluding hydrogens is 193 g/mol. The Morgan fingerprint density at radius 1 is 1.47 bits per heavy atom. The Morgan fingerprint density at radius 2 is 2.33 bits per heavy atom. The summed E-state index contributed by atoms with van der Waals surface area (Å²) < 4.78 is 19.1. The van der Waals surface area contributed by atoms with Gasteiger partial charge in [0.15, 0.2) is 11.6 Å². The number of hydrogen-bond donors (Lipinski definition) is 1. The molecule has 1 atom stereocenters. The zero-order valence-electron chi connectivity index (χ0n) is 8.92. The van der Waals surface area contributed by atoms with Crippen molar-refractivity contribution in [2.45, 2.75) is 25.9 Å². The van der Waals surface area contributed by atoms with E-state index in [9.17, 15) is 4.39 Å². The molecule has 1 heterocycles. The zero-order valence-corrected chi connectivity index (χ0v) is 8.92. The number of piperidine rings is 1. The summed E-state index contributed by atoms with van der Waals surface area (Å²) in [6.45, 7) is 3.72. The molecule has 1 N–H and O–H groups in total. The molecule has 2 rings (SSSR count). The van der Waals surface area contributed by atoms with Gasteiger partial charge in [-0.05, 0) is 44.0 Å². The first kappa shape index (κ1) is 10.4. The third-order valence-corrected chi connectivity index (χ3v) is 2.63. The summed E-state index contributed by atoms with van der Waals surface area (Å²) in [4.78, 5) is 0. The van der Waals surface area contributed by atoms with Gasteiger partial charge in [-0.15, -0.1) is 0 Å². The summed E-state index contributed by atoms with van der Waals surface area (Å²) in [5.41, 5.74) is 0.918. The summed E-state index contributed by atoms with van der Waals surface area (Å²) in [5, 5.41) is 3.24. The van der Waals surface area contributed by atoms with Gasteiger partial charge in [-0.25, -0.2) is 4.39 Å². The lowest BCUT2D eigenvalue weighted by molar-refractivity contribution is 0.160. The second-order valence-corrected chi connectivity index (χ2v) is 4.02. The molecule has 0 unspecified atom stereocenters. The van der Waals surface area contributed by atoms with Crippen LogP contribution in [0.15, 0.2) is 18.2 Å². The molecule has 1 aliphatic heterocycles. The van der Waals surface area contributed by atoms with Gasteiger partial charge in [-0.2, -0.15) is 0 Å². The molecule has 82 valence electrons. The molecule has 0 amide bonds. The molecule has 0 radical (unpaired) electrons. The van der Waals surface area contributed by atoms with E-state index in [1.807, 2.05) is 13.0 Å². The van der Waals surface area contributed by atoms with Crippen LogP contribution in [0.5, 0.6) is 5.75 Å². The fourth-order valence-corrected chi connectivity index (χ4v) is 1.80. The molecule has 1 aromatic carbocycles. The van der Waals surface area contributed by atoms with Gasteiger partial charge in [0.2, 0.25) is 0 Å². The second-order valence-electron chi connectivity index (χ2n) is 4.02. The molecule has 0 aliphatic carbocycles. The first-order valence-corrected chi connectivity index (χ1v) is 5.39. The van der Waals surface area contributed by atoms with Crippen LogP contribution in [0.25, 0.3) is 0 Å². The highest BCUT2D eigenvalue weighted by Crippen LogP contribution is 2.20. The van der Waals surface area contributed by atoms with E-state index in [0.29, 0.717) is 5.75 Å². The average Bonchev–Trinajstić information content (AvgIpc) is 2.24. The lowest BCUT2D eigenvalue weighted by Crippen LogP contribution is -2.37. The van der Waals surface area contributed by atoms with Crippen LogP contribution in [0.2, 0.25) is 0 Å². The number of nitrogens with one attached hydrogen (secondary N) is 1. The van der Waals surface area contributed by atoms with Crippen LogP contribution in [0.3, 0.4) is 0 Å². The fraction of sp³-hybridized carbons (Fsp3) is 0.500. The number of halogens is 1. The molecule has 0 spiro atoms. The van der Waals surface area contributed by atoms with Gasteiger partial charge >= 0.3 is 0 Å². The monoisotopic (exact) mass is 209 g/mol. The number of hydrogen-bond acceptors (Lipinski definition) is 2. The Kier molecular flexibility index (Phi) is 3.21. The van der Waals surface area contributed by atoms with E-state index < -0.39 is 0 Å². The van der Waals surface area contributed by atoms with Crippen LogP contribution in [0.4, 0.5) is 4.39 Å². The summed E-state index contributed by atoms with van der Waals surface area (Å²) >= 11 is 0. The number of aryl methyl sites for hydroxylation is 1. The van der Waals surface area contributed by atoms with Crippen LogP contribution in [-0.2, 0) is 0 Å². The molecule has 15 heavy (non-hydrogen) atoms. The molecule has 1 saturated heterocycles. The maximum absolute atomic E-state index is 13.5. The van der Waals surface area contributed by atoms with Crippen molar-refractivity contribution in [3.8, 4) is 5.75 Å². The van der Waals surface area contributed by atoms with Crippen LogP contribution in [0, 0.1) is 12.7 Å². The van der Waals surface area contributed by atoms with Crippen LogP contribution < -0.4 is 10.1 Å². The maximum atomic E-state index is 13.5. The Balaban J connectivity index is 2.03. The standard InChI is InChI=1S/C12H16FNO/c1-9-4-5-12(11(13)7-9)15-10-3-2-6-14-8-10/h4-5,7,10,14H,2-3,6,8H2,1H3/t10-/m0/s1. The quantitative estimate of drug-likeness (QED) is 0.806. The van der Waals surface area contributed by atoms with Crippen molar-refractivity contribution >= 4 is 0 Å². The summed E-state index contributed by atoms with van der Waals surface area (Å²) in [5.74, 6) is 0.106. The van der Waals surface area contributed by atoms with E-state index in [1.54, 1.807) is 6.07 Å². The maximum Gasteiger partial charge on any atom is 0.165 e. The largest absolute Gasteiger partial charge is 0.486 e. The van der Waals surface area contributed by atoms with E-state index in [1.165, 1.54) is 6.07 Å². The smallest absolute Gasteiger partial charge is 0.165 e. The molecular formula is C12H16FNO. The Labute approximate surface area is 89.4 Å². The Hall–Kier alpha value is -1.09. The SMILES string of the molecule is Cc1ccc(O[C@H]2CCCNC2)c(F)c1. The highest BCUT2D eigenvalue weighted by molar-refractivity contribution is 5.28. The highest BCUT2D eigenvalue weighted by Gasteiger charge is 2.15. The van der Waals surface area contributed by atoms with Crippen molar-refractivity contribution in [1.82, 2.24) is 5.32 Å². The lowest BCUT2D eigenvalue weighted by atomic mass is 10.1. The number of rotatable bonds is 2. The van der Waals surface area contributed by atoms with Crippen LogP contribution in [-0.4, -0.2) is 19.2 Å². The highest BCUT2D eigenvalue weighted by atomic mass is 19.1. The van der Waals surface area contributed by atoms with Crippen molar-refractivity contribution in [2.24, 2.45) is 0 Å². The van der Waals surface area contributed by atoms with Gasteiger partial charge in [-0.1, -0.05) is 6.07 Å². The second kappa shape index (κ2) is 4.62. The Morgan fingerprint density at radius 3 is 3.00 bits per heavy atom. The molecule has 1 fully saturated rings. The van der Waals surface area contributed by atoms with Gasteiger partial charge in [0, 0.05) is 6.54 Å². The summed E-state index contributed by atoms with van der Waals surface area (Å²) in [6, 6.07) is 5.08. The topological polar surface area (TPSA) is 21.3 Å². The molecule has 0 bridgehead atoms. The van der Waals surface area contributed by atoms with Crippen molar-refractivity contribution in [2.75, 3.05) is 13.1 Å². The van der Waals surface area contributed by atoms with Gasteiger partial charge in [0.25, 0.3) is 0 Å². The minimum Gasteiger partial charge on any atom is -0.486 e. The van der Waals surface area contributed by atoms with Crippen LogP contribution in [0.1, 0.15) is 18.4 Å². The van der Waals surface area contributed by atoms with E-state index in [-0.39, 0.29) is 11.9 Å². The molecule has 0 aromatic heterocycles. The average molecular weight is 209 g/mol.